The van der Waals surface area contributed by atoms with Crippen molar-refractivity contribution in [2.24, 2.45) is 10.3 Å². The van der Waals surface area contributed by atoms with Crippen molar-refractivity contribution < 1.29 is 17.9 Å². The van der Waals surface area contributed by atoms with E-state index in [1.165, 1.54) is 0 Å². The van der Waals surface area contributed by atoms with E-state index in [0.29, 0.717) is 48.1 Å². The van der Waals surface area contributed by atoms with Crippen molar-refractivity contribution in [2.75, 3.05) is 13.1 Å². The highest BCUT2D eigenvalue weighted by atomic mass is 35.5. The first-order valence-electron chi connectivity index (χ1n) is 9.02. The zero-order valence-electron chi connectivity index (χ0n) is 15.3. The Bertz CT molecular complexity index is 1070. The number of piperidine rings is 1. The first-order valence-corrected chi connectivity index (χ1v) is 10.8. The van der Waals surface area contributed by atoms with Gasteiger partial charge in [-0.1, -0.05) is 23.7 Å². The molecule has 6 nitrogen and oxygen atoms in total. The summed E-state index contributed by atoms with van der Waals surface area (Å²) >= 11 is 5.94. The topological polar surface area (TPSA) is 76.0 Å². The Hall–Kier alpha value is -2.38. The number of rotatable bonds is 2. The van der Waals surface area contributed by atoms with Gasteiger partial charge in [0.2, 0.25) is 0 Å². The van der Waals surface area contributed by atoms with E-state index in [1.807, 2.05) is 11.8 Å². The molecule has 2 aromatic rings. The lowest BCUT2D eigenvalue weighted by Gasteiger charge is -2.32. The summed E-state index contributed by atoms with van der Waals surface area (Å²) in [6.07, 6.45) is 1.15. The number of benzene rings is 2. The quantitative estimate of drug-likeness (QED) is 0.551. The standard InChI is InChI=1S/C20H19ClN2O4S/c1-13-12-15(21)6-7-17(13)27-20(24)14-8-10-23(11-9-14)19-16-4-2-3-5-18(16)28(25,26)22-19/h2-7,12,14H,8-11H2,1H3. The number of halogens is 1. The molecule has 0 saturated carbocycles. The lowest BCUT2D eigenvalue weighted by molar-refractivity contribution is -0.140. The van der Waals surface area contributed by atoms with Crippen LogP contribution in [0.15, 0.2) is 51.8 Å². The summed E-state index contributed by atoms with van der Waals surface area (Å²) < 4.78 is 34.0. The highest BCUT2D eigenvalue weighted by Gasteiger charge is 2.34. The number of amidine groups is 1. The molecule has 1 fully saturated rings. The molecule has 2 heterocycles. The minimum absolute atomic E-state index is 0.236. The summed E-state index contributed by atoms with van der Waals surface area (Å²) in [6, 6.07) is 12.0. The Morgan fingerprint density at radius 2 is 1.89 bits per heavy atom. The summed E-state index contributed by atoms with van der Waals surface area (Å²) in [7, 11) is -3.64. The molecule has 4 rings (SSSR count). The molecule has 146 valence electrons. The maximum Gasteiger partial charge on any atom is 0.314 e. The van der Waals surface area contributed by atoms with Crippen molar-refractivity contribution in [1.82, 2.24) is 4.90 Å². The molecule has 0 atom stereocenters. The molecule has 0 N–H and O–H groups in total. The van der Waals surface area contributed by atoms with Gasteiger partial charge in [0.1, 0.15) is 10.6 Å². The van der Waals surface area contributed by atoms with Crippen LogP contribution in [0, 0.1) is 12.8 Å². The predicted octanol–water partition coefficient (Wildman–Crippen LogP) is 3.41. The van der Waals surface area contributed by atoms with E-state index in [-0.39, 0.29) is 16.8 Å². The van der Waals surface area contributed by atoms with Gasteiger partial charge in [0, 0.05) is 23.7 Å². The first kappa shape index (κ1) is 19.0. The third-order valence-electron chi connectivity index (χ3n) is 5.09. The molecule has 1 saturated heterocycles. The lowest BCUT2D eigenvalue weighted by atomic mass is 9.96. The summed E-state index contributed by atoms with van der Waals surface area (Å²) in [6.45, 7) is 2.93. The number of likely N-dealkylation sites (tertiary alicyclic amines) is 1. The van der Waals surface area contributed by atoms with Crippen molar-refractivity contribution in [3.8, 4) is 5.75 Å². The van der Waals surface area contributed by atoms with E-state index in [9.17, 15) is 13.2 Å². The molecule has 28 heavy (non-hydrogen) atoms. The van der Waals surface area contributed by atoms with Crippen molar-refractivity contribution in [2.45, 2.75) is 24.7 Å². The Morgan fingerprint density at radius 1 is 1.18 bits per heavy atom. The minimum atomic E-state index is -3.64. The third-order valence-corrected chi connectivity index (χ3v) is 6.65. The van der Waals surface area contributed by atoms with Crippen molar-refractivity contribution in [3.05, 3.63) is 58.6 Å². The van der Waals surface area contributed by atoms with Crippen LogP contribution in [0.25, 0.3) is 0 Å². The van der Waals surface area contributed by atoms with Gasteiger partial charge in [-0.2, -0.15) is 8.42 Å². The number of ether oxygens (including phenoxy) is 1. The van der Waals surface area contributed by atoms with Crippen LogP contribution in [0.1, 0.15) is 24.0 Å². The molecule has 0 aliphatic carbocycles. The Balaban J connectivity index is 1.43. The second kappa shape index (κ2) is 7.22. The number of sulfonamides is 1. The van der Waals surface area contributed by atoms with Crippen LogP contribution in [0.2, 0.25) is 5.02 Å². The monoisotopic (exact) mass is 418 g/mol. The Morgan fingerprint density at radius 3 is 2.61 bits per heavy atom. The highest BCUT2D eigenvalue weighted by molar-refractivity contribution is 7.90. The zero-order valence-corrected chi connectivity index (χ0v) is 16.8. The zero-order chi connectivity index (χ0) is 19.9. The molecule has 2 aromatic carbocycles. The van der Waals surface area contributed by atoms with Gasteiger partial charge in [0.15, 0.2) is 5.84 Å². The number of esters is 1. The molecular weight excluding hydrogens is 400 g/mol. The smallest absolute Gasteiger partial charge is 0.314 e. The predicted molar refractivity (Wildman–Crippen MR) is 106 cm³/mol. The molecule has 0 amide bonds. The van der Waals surface area contributed by atoms with Crippen LogP contribution in [0.5, 0.6) is 5.75 Å². The molecule has 0 unspecified atom stereocenters. The van der Waals surface area contributed by atoms with E-state index in [4.69, 9.17) is 16.3 Å². The normalized spacial score (nSPS) is 18.5. The summed E-state index contributed by atoms with van der Waals surface area (Å²) in [5.41, 5.74) is 1.43. The van der Waals surface area contributed by atoms with Crippen LogP contribution >= 0.6 is 11.6 Å². The van der Waals surface area contributed by atoms with Gasteiger partial charge in [0.25, 0.3) is 10.0 Å². The van der Waals surface area contributed by atoms with E-state index in [0.717, 1.165) is 5.56 Å². The number of carbonyl (C=O) groups excluding carboxylic acids is 1. The van der Waals surface area contributed by atoms with Crippen molar-refractivity contribution >= 4 is 33.4 Å². The van der Waals surface area contributed by atoms with Crippen LogP contribution in [0.4, 0.5) is 0 Å². The molecule has 0 aromatic heterocycles. The fourth-order valence-corrected chi connectivity index (χ4v) is 5.02. The van der Waals surface area contributed by atoms with Crippen LogP contribution in [0.3, 0.4) is 0 Å². The van der Waals surface area contributed by atoms with Gasteiger partial charge in [-0.3, -0.25) is 4.79 Å². The average molecular weight is 419 g/mol. The van der Waals surface area contributed by atoms with Gasteiger partial charge in [0.05, 0.1) is 5.92 Å². The average Bonchev–Trinajstić information content (AvgIpc) is 2.96. The van der Waals surface area contributed by atoms with Crippen LogP contribution in [-0.4, -0.2) is 38.2 Å². The molecular formula is C20H19ClN2O4S. The van der Waals surface area contributed by atoms with Crippen LogP contribution in [-0.2, 0) is 14.8 Å². The number of fused-ring (bicyclic) bond motifs is 1. The fourth-order valence-electron chi connectivity index (χ4n) is 3.56. The van der Waals surface area contributed by atoms with E-state index in [1.54, 1.807) is 42.5 Å². The molecule has 0 radical (unpaired) electrons. The second-order valence-corrected chi connectivity index (χ2v) is 8.99. The maximum atomic E-state index is 12.5. The van der Waals surface area contributed by atoms with Gasteiger partial charge < -0.3 is 9.64 Å². The molecule has 0 bridgehead atoms. The van der Waals surface area contributed by atoms with Gasteiger partial charge in [-0.15, -0.1) is 4.40 Å². The summed E-state index contributed by atoms with van der Waals surface area (Å²) in [5.74, 6) is 0.472. The molecule has 0 spiro atoms. The number of nitrogens with zero attached hydrogens (tertiary/aromatic N) is 2. The molecule has 8 heteroatoms. The number of hydrogen-bond acceptors (Lipinski definition) is 5. The third kappa shape index (κ3) is 3.52. The molecule has 2 aliphatic heterocycles. The number of hydrogen-bond donors (Lipinski definition) is 0. The van der Waals surface area contributed by atoms with E-state index >= 15 is 0 Å². The number of carbonyl (C=O) groups is 1. The second-order valence-electron chi connectivity index (χ2n) is 6.98. The first-order chi connectivity index (χ1) is 13.3. The maximum absolute atomic E-state index is 12.5. The summed E-state index contributed by atoms with van der Waals surface area (Å²) in [4.78, 5) is 14.7. The van der Waals surface area contributed by atoms with E-state index < -0.39 is 10.0 Å². The fraction of sp³-hybridized carbons (Fsp3) is 0.300. The van der Waals surface area contributed by atoms with Crippen LogP contribution < -0.4 is 4.74 Å². The Labute approximate surface area is 168 Å². The largest absolute Gasteiger partial charge is 0.426 e. The summed E-state index contributed by atoms with van der Waals surface area (Å²) in [5, 5.41) is 0.596. The van der Waals surface area contributed by atoms with Crippen molar-refractivity contribution in [1.29, 1.82) is 0 Å². The Kier molecular flexibility index (Phi) is 4.89. The lowest BCUT2D eigenvalue weighted by Crippen LogP contribution is -2.41. The van der Waals surface area contributed by atoms with Gasteiger partial charge in [-0.05, 0) is 55.7 Å². The van der Waals surface area contributed by atoms with Gasteiger partial charge >= 0.3 is 5.97 Å². The number of aryl methyl sites for hydroxylation is 1. The van der Waals surface area contributed by atoms with E-state index in [2.05, 4.69) is 4.40 Å². The minimum Gasteiger partial charge on any atom is -0.426 e. The highest BCUT2D eigenvalue weighted by Crippen LogP contribution is 2.30. The SMILES string of the molecule is Cc1cc(Cl)ccc1OC(=O)C1CCN(C2=NS(=O)(=O)c3ccccc32)CC1. The van der Waals surface area contributed by atoms with Crippen molar-refractivity contribution in [3.63, 3.8) is 0 Å². The van der Waals surface area contributed by atoms with Gasteiger partial charge in [-0.25, -0.2) is 0 Å². The molecule has 2 aliphatic rings.